The van der Waals surface area contributed by atoms with Gasteiger partial charge < -0.3 is 19.7 Å². The first kappa shape index (κ1) is 18.7. The summed E-state index contributed by atoms with van der Waals surface area (Å²) >= 11 is 0. The molecule has 3 rings (SSSR count). The fraction of sp³-hybridized carbons (Fsp3) is 0.600. The van der Waals surface area contributed by atoms with E-state index in [9.17, 15) is 9.59 Å². The van der Waals surface area contributed by atoms with E-state index in [-0.39, 0.29) is 17.9 Å². The van der Waals surface area contributed by atoms with Crippen LogP contribution in [0.4, 0.5) is 5.69 Å². The number of hydrogen-bond acceptors (Lipinski definition) is 4. The monoisotopic (exact) mass is 360 g/mol. The lowest BCUT2D eigenvalue weighted by Crippen LogP contribution is -2.43. The van der Waals surface area contributed by atoms with Crippen LogP contribution in [-0.2, 0) is 14.3 Å². The van der Waals surface area contributed by atoms with Crippen molar-refractivity contribution < 1.29 is 19.1 Å². The normalized spacial score (nSPS) is 20.8. The zero-order chi connectivity index (χ0) is 18.4. The minimum atomic E-state index is -0.222. The molecule has 0 spiro atoms. The Labute approximate surface area is 154 Å². The first-order valence-electron chi connectivity index (χ1n) is 9.50. The molecule has 6 nitrogen and oxygen atoms in total. The minimum absolute atomic E-state index is 0.0242. The molecule has 26 heavy (non-hydrogen) atoms. The fourth-order valence-electron chi connectivity index (χ4n) is 3.68. The Hall–Kier alpha value is -2.08. The smallest absolute Gasteiger partial charge is 0.251 e. The fourth-order valence-corrected chi connectivity index (χ4v) is 3.68. The van der Waals surface area contributed by atoms with Crippen LogP contribution >= 0.6 is 0 Å². The number of rotatable bonds is 6. The quantitative estimate of drug-likeness (QED) is 0.847. The molecule has 2 heterocycles. The van der Waals surface area contributed by atoms with Crippen LogP contribution in [0.2, 0.25) is 0 Å². The third-order valence-electron chi connectivity index (χ3n) is 5.26. The molecular formula is C20H28N2O4. The van der Waals surface area contributed by atoms with Gasteiger partial charge in [0.15, 0.2) is 0 Å². The number of anilines is 1. The van der Waals surface area contributed by atoms with E-state index in [0.717, 1.165) is 56.6 Å². The van der Waals surface area contributed by atoms with Gasteiger partial charge in [-0.15, -0.1) is 0 Å². The molecule has 0 saturated carbocycles. The van der Waals surface area contributed by atoms with Crippen LogP contribution in [0.1, 0.15) is 38.5 Å². The largest absolute Gasteiger partial charge is 0.497 e. The maximum absolute atomic E-state index is 12.4. The van der Waals surface area contributed by atoms with E-state index in [1.54, 1.807) is 7.11 Å². The number of nitrogens with one attached hydrogen (secondary N) is 1. The summed E-state index contributed by atoms with van der Waals surface area (Å²) in [7, 11) is 1.61. The Balaban J connectivity index is 1.37. The van der Waals surface area contributed by atoms with Crippen LogP contribution < -0.4 is 10.1 Å². The Morgan fingerprint density at radius 3 is 2.77 bits per heavy atom. The standard InChI is InChI=1S/C20H28N2O4/c1-25-17-5-2-4-16(14-17)21-19(23)8-7-15-9-11-22(12-10-15)20(24)18-6-3-13-26-18/h2,4-5,14-15,18H,3,6-13H2,1H3,(H,21,23). The van der Waals surface area contributed by atoms with E-state index in [2.05, 4.69) is 5.32 Å². The zero-order valence-corrected chi connectivity index (χ0v) is 15.4. The van der Waals surface area contributed by atoms with Crippen molar-refractivity contribution in [2.24, 2.45) is 5.92 Å². The molecule has 1 aromatic carbocycles. The summed E-state index contributed by atoms with van der Waals surface area (Å²) in [6.07, 6.45) is 4.90. The molecule has 0 bridgehead atoms. The lowest BCUT2D eigenvalue weighted by Gasteiger charge is -2.33. The van der Waals surface area contributed by atoms with Crippen LogP contribution in [0, 0.1) is 5.92 Å². The van der Waals surface area contributed by atoms with Crippen LogP contribution in [0.25, 0.3) is 0 Å². The third-order valence-corrected chi connectivity index (χ3v) is 5.26. The summed E-state index contributed by atoms with van der Waals surface area (Å²) in [6.45, 7) is 2.26. The van der Waals surface area contributed by atoms with Gasteiger partial charge in [-0.05, 0) is 50.2 Å². The molecule has 6 heteroatoms. The number of likely N-dealkylation sites (tertiary alicyclic amines) is 1. The molecule has 1 unspecified atom stereocenters. The summed E-state index contributed by atoms with van der Waals surface area (Å²) in [5.74, 6) is 1.40. The van der Waals surface area contributed by atoms with Crippen molar-refractivity contribution in [1.82, 2.24) is 4.90 Å². The molecule has 0 radical (unpaired) electrons. The number of nitrogens with zero attached hydrogens (tertiary/aromatic N) is 1. The van der Waals surface area contributed by atoms with Crippen LogP contribution in [0.3, 0.4) is 0 Å². The Morgan fingerprint density at radius 2 is 2.08 bits per heavy atom. The Bertz CT molecular complexity index is 620. The average molecular weight is 360 g/mol. The van der Waals surface area contributed by atoms with E-state index in [1.807, 2.05) is 29.2 Å². The first-order chi connectivity index (χ1) is 12.7. The molecule has 1 N–H and O–H groups in total. The number of amides is 2. The van der Waals surface area contributed by atoms with Gasteiger partial charge >= 0.3 is 0 Å². The number of carbonyl (C=O) groups is 2. The van der Waals surface area contributed by atoms with Gasteiger partial charge in [0.05, 0.1) is 7.11 Å². The lowest BCUT2D eigenvalue weighted by atomic mass is 9.91. The van der Waals surface area contributed by atoms with E-state index < -0.39 is 0 Å². The van der Waals surface area contributed by atoms with Crippen LogP contribution in [0.5, 0.6) is 5.75 Å². The predicted molar refractivity (Wildman–Crippen MR) is 99.1 cm³/mol. The highest BCUT2D eigenvalue weighted by Gasteiger charge is 2.30. The van der Waals surface area contributed by atoms with Crippen molar-refractivity contribution in [3.63, 3.8) is 0 Å². The minimum Gasteiger partial charge on any atom is -0.497 e. The second-order valence-corrected chi connectivity index (χ2v) is 7.09. The molecule has 2 aliphatic heterocycles. The van der Waals surface area contributed by atoms with Gasteiger partial charge in [-0.25, -0.2) is 0 Å². The topological polar surface area (TPSA) is 67.9 Å². The van der Waals surface area contributed by atoms with Gasteiger partial charge in [-0.3, -0.25) is 9.59 Å². The molecule has 142 valence electrons. The molecule has 0 aliphatic carbocycles. The first-order valence-corrected chi connectivity index (χ1v) is 9.50. The highest BCUT2D eigenvalue weighted by Crippen LogP contribution is 2.25. The van der Waals surface area contributed by atoms with Gasteiger partial charge in [-0.1, -0.05) is 6.07 Å². The molecule has 2 amide bonds. The van der Waals surface area contributed by atoms with Crippen molar-refractivity contribution in [3.8, 4) is 5.75 Å². The van der Waals surface area contributed by atoms with Gasteiger partial charge in [0.1, 0.15) is 11.9 Å². The van der Waals surface area contributed by atoms with E-state index in [4.69, 9.17) is 9.47 Å². The second-order valence-electron chi connectivity index (χ2n) is 7.09. The maximum Gasteiger partial charge on any atom is 0.251 e. The highest BCUT2D eigenvalue weighted by molar-refractivity contribution is 5.90. The maximum atomic E-state index is 12.4. The number of ether oxygens (including phenoxy) is 2. The lowest BCUT2D eigenvalue weighted by molar-refractivity contribution is -0.142. The van der Waals surface area contributed by atoms with Crippen molar-refractivity contribution in [2.75, 3.05) is 32.1 Å². The summed E-state index contributed by atoms with van der Waals surface area (Å²) in [5.41, 5.74) is 0.756. The van der Waals surface area contributed by atoms with Crippen molar-refractivity contribution >= 4 is 17.5 Å². The summed E-state index contributed by atoms with van der Waals surface area (Å²) in [4.78, 5) is 26.5. The molecule has 0 aromatic heterocycles. The predicted octanol–water partition coefficient (Wildman–Crippen LogP) is 2.83. The van der Waals surface area contributed by atoms with E-state index in [1.165, 1.54) is 0 Å². The SMILES string of the molecule is COc1cccc(NC(=O)CCC2CCN(C(=O)C3CCCO3)CC2)c1. The van der Waals surface area contributed by atoms with Crippen molar-refractivity contribution in [1.29, 1.82) is 0 Å². The molecular weight excluding hydrogens is 332 g/mol. The number of benzene rings is 1. The average Bonchev–Trinajstić information content (AvgIpc) is 3.21. The molecule has 2 aliphatic rings. The van der Waals surface area contributed by atoms with Gasteiger partial charge in [0.2, 0.25) is 5.91 Å². The molecule has 2 fully saturated rings. The molecule has 1 aromatic rings. The summed E-state index contributed by atoms with van der Waals surface area (Å²) < 4.78 is 10.7. The molecule has 1 atom stereocenters. The van der Waals surface area contributed by atoms with Crippen molar-refractivity contribution in [2.45, 2.75) is 44.6 Å². The van der Waals surface area contributed by atoms with Crippen LogP contribution in [0.15, 0.2) is 24.3 Å². The van der Waals surface area contributed by atoms with Crippen molar-refractivity contribution in [3.05, 3.63) is 24.3 Å². The second kappa shape index (κ2) is 9.03. The Morgan fingerprint density at radius 1 is 1.27 bits per heavy atom. The number of carbonyl (C=O) groups excluding carboxylic acids is 2. The van der Waals surface area contributed by atoms with Gasteiger partial charge in [0, 0.05) is 37.9 Å². The number of hydrogen-bond donors (Lipinski definition) is 1. The van der Waals surface area contributed by atoms with Gasteiger partial charge in [0.25, 0.3) is 5.91 Å². The summed E-state index contributed by atoms with van der Waals surface area (Å²) in [6, 6.07) is 7.37. The molecule has 2 saturated heterocycles. The third kappa shape index (κ3) is 4.97. The van der Waals surface area contributed by atoms with Gasteiger partial charge in [-0.2, -0.15) is 0 Å². The van der Waals surface area contributed by atoms with E-state index >= 15 is 0 Å². The number of piperidine rings is 1. The zero-order valence-electron chi connectivity index (χ0n) is 15.4. The van der Waals surface area contributed by atoms with E-state index in [0.29, 0.717) is 18.9 Å². The van der Waals surface area contributed by atoms with Crippen LogP contribution in [-0.4, -0.2) is 49.6 Å². The Kier molecular flexibility index (Phi) is 6.50. The summed E-state index contributed by atoms with van der Waals surface area (Å²) in [5, 5.41) is 2.92. The highest BCUT2D eigenvalue weighted by atomic mass is 16.5. The number of methoxy groups -OCH3 is 1.